The van der Waals surface area contributed by atoms with Crippen molar-refractivity contribution >= 4 is 54.8 Å². The molecule has 14 rings (SSSR count). The summed E-state index contributed by atoms with van der Waals surface area (Å²) < 4.78 is 4.96. The maximum atomic E-state index is 2.50. The van der Waals surface area contributed by atoms with E-state index in [4.69, 9.17) is 0 Å². The predicted octanol–water partition coefficient (Wildman–Crippen LogP) is 21.5. The number of hydrogen-bond donors (Lipinski definition) is 0. The molecule has 81 heavy (non-hydrogen) atoms. The van der Waals surface area contributed by atoms with Crippen molar-refractivity contribution in [2.75, 3.05) is 0 Å². The molecule has 0 fully saturated rings. The largest absolute Gasteiger partial charge is 0.309 e. The first-order chi connectivity index (χ1) is 39.9. The highest BCUT2D eigenvalue weighted by Gasteiger charge is 2.28. The normalized spacial score (nSPS) is 14.7. The van der Waals surface area contributed by atoms with Gasteiger partial charge < -0.3 is 9.13 Å². The van der Waals surface area contributed by atoms with Crippen molar-refractivity contribution in [2.24, 2.45) is 0 Å². The lowest BCUT2D eigenvalue weighted by Crippen LogP contribution is -2.21. The van der Waals surface area contributed by atoms with Crippen LogP contribution in [0, 0.1) is 0 Å². The van der Waals surface area contributed by atoms with E-state index in [-0.39, 0.29) is 5.41 Å². The van der Waals surface area contributed by atoms with Gasteiger partial charge in [0.25, 0.3) is 0 Å². The van der Waals surface area contributed by atoms with Gasteiger partial charge in [0.05, 0.1) is 22.1 Å². The Balaban J connectivity index is 0.792. The Morgan fingerprint density at radius 3 is 1.53 bits per heavy atom. The van der Waals surface area contributed by atoms with Crippen LogP contribution in [0.3, 0.4) is 0 Å². The summed E-state index contributed by atoms with van der Waals surface area (Å²) in [4.78, 5) is 0. The second-order valence-electron chi connectivity index (χ2n) is 21.9. The van der Waals surface area contributed by atoms with E-state index in [2.05, 4.69) is 327 Å². The third-order valence-corrected chi connectivity index (χ3v) is 16.8. The average molecular weight is 1040 g/mol. The van der Waals surface area contributed by atoms with Gasteiger partial charge >= 0.3 is 0 Å². The quantitative estimate of drug-likeness (QED) is 0.114. The molecule has 2 nitrogen and oxygen atoms in total. The van der Waals surface area contributed by atoms with E-state index in [0.29, 0.717) is 0 Å². The summed E-state index contributed by atoms with van der Waals surface area (Å²) in [7, 11) is 0. The Labute approximate surface area is 474 Å². The lowest BCUT2D eigenvalue weighted by atomic mass is 9.73. The summed E-state index contributed by atoms with van der Waals surface area (Å²) in [5, 5.41) is 4.94. The van der Waals surface area contributed by atoms with Crippen LogP contribution in [0.1, 0.15) is 43.9 Å². The van der Waals surface area contributed by atoms with Gasteiger partial charge in [0.2, 0.25) is 0 Å². The topological polar surface area (TPSA) is 9.86 Å². The predicted molar refractivity (Wildman–Crippen MR) is 346 cm³/mol. The second kappa shape index (κ2) is 20.7. The van der Waals surface area contributed by atoms with Crippen LogP contribution in [0.25, 0.3) is 122 Å². The zero-order valence-corrected chi connectivity index (χ0v) is 45.9. The van der Waals surface area contributed by atoms with Crippen LogP contribution in [-0.2, 0) is 5.41 Å². The monoisotopic (exact) mass is 1040 g/mol. The minimum absolute atomic E-state index is 0.0430. The van der Waals surface area contributed by atoms with Gasteiger partial charge in [0.1, 0.15) is 0 Å². The molecular formula is C79H60N2. The van der Waals surface area contributed by atoms with E-state index in [9.17, 15) is 0 Å². The fourth-order valence-electron chi connectivity index (χ4n) is 12.6. The molecule has 2 heteroatoms. The molecule has 13 aromatic rings. The van der Waals surface area contributed by atoms with Gasteiger partial charge in [0.15, 0.2) is 0 Å². The van der Waals surface area contributed by atoms with E-state index in [1.165, 1.54) is 127 Å². The van der Waals surface area contributed by atoms with E-state index in [1.54, 1.807) is 0 Å². The van der Waals surface area contributed by atoms with Crippen LogP contribution in [0.4, 0.5) is 0 Å². The van der Waals surface area contributed by atoms with Crippen LogP contribution in [0.2, 0.25) is 0 Å². The number of allylic oxidation sites excluding steroid dienone is 8. The van der Waals surface area contributed by atoms with Gasteiger partial charge in [-0.05, 0) is 164 Å². The zero-order valence-electron chi connectivity index (χ0n) is 45.9. The van der Waals surface area contributed by atoms with Gasteiger partial charge in [-0.3, -0.25) is 0 Å². The summed E-state index contributed by atoms with van der Waals surface area (Å²) >= 11 is 0. The minimum Gasteiger partial charge on any atom is -0.309 e. The highest BCUT2D eigenvalue weighted by molar-refractivity contribution is 6.26. The molecule has 1 atom stereocenters. The van der Waals surface area contributed by atoms with Crippen LogP contribution in [0.15, 0.2) is 297 Å². The van der Waals surface area contributed by atoms with Crippen molar-refractivity contribution in [2.45, 2.75) is 32.6 Å². The summed E-state index contributed by atoms with van der Waals surface area (Å²) in [5.74, 6) is 0. The molecule has 1 aliphatic rings. The fraction of sp³-hybridized carbons (Fsp3) is 0.0633. The molecule has 0 radical (unpaired) electrons. The maximum absolute atomic E-state index is 2.50. The molecule has 0 spiro atoms. The molecule has 0 N–H and O–H groups in total. The van der Waals surface area contributed by atoms with Crippen LogP contribution in [-0.4, -0.2) is 9.13 Å². The van der Waals surface area contributed by atoms with Crippen LogP contribution < -0.4 is 0 Å². The molecule has 0 bridgehead atoms. The number of benzene rings is 11. The first-order valence-electron chi connectivity index (χ1n) is 28.3. The molecule has 2 aromatic heterocycles. The van der Waals surface area contributed by atoms with E-state index in [1.807, 2.05) is 0 Å². The Hall–Kier alpha value is -10.0. The van der Waals surface area contributed by atoms with Gasteiger partial charge in [-0.25, -0.2) is 0 Å². The summed E-state index contributed by atoms with van der Waals surface area (Å²) in [6, 6.07) is 96.4. The molecule has 2 heterocycles. The van der Waals surface area contributed by atoms with E-state index in [0.717, 1.165) is 17.8 Å². The molecule has 0 amide bonds. The number of aromatic nitrogens is 2. The number of para-hydroxylation sites is 2. The highest BCUT2D eigenvalue weighted by atomic mass is 15.0. The maximum Gasteiger partial charge on any atom is 0.0641 e. The third kappa shape index (κ3) is 9.06. The second-order valence-corrected chi connectivity index (χ2v) is 21.9. The fourth-order valence-corrected chi connectivity index (χ4v) is 12.6. The van der Waals surface area contributed by atoms with Crippen LogP contribution >= 0.6 is 0 Å². The third-order valence-electron chi connectivity index (χ3n) is 16.8. The summed E-state index contributed by atoms with van der Waals surface area (Å²) in [5.41, 5.74) is 25.4. The van der Waals surface area contributed by atoms with Gasteiger partial charge in [-0.15, -0.1) is 0 Å². The number of rotatable bonds is 11. The SMILES string of the molecule is C/C=C\C=C(/C)c1cccc(-c2cccc(-c3ccc(-c4cccc(-n5c6ccccc6c6c5ccc5c7ccccc7n(-c7cccc(-c8ccc(-c9cccc(C%10=CC=CC(C)(c%11ccccc%11)C%10)c9)cc8)c7)c56)c4)cc3)c2)c1. The average Bonchev–Trinajstić information content (AvgIpc) is 2.46. The molecule has 1 unspecified atom stereocenters. The lowest BCUT2D eigenvalue weighted by molar-refractivity contribution is 0.609. The highest BCUT2D eigenvalue weighted by Crippen LogP contribution is 2.44. The van der Waals surface area contributed by atoms with Gasteiger partial charge in [0, 0.05) is 38.3 Å². The lowest BCUT2D eigenvalue weighted by Gasteiger charge is -2.30. The first kappa shape index (κ1) is 49.3. The van der Waals surface area contributed by atoms with Crippen molar-refractivity contribution in [3.8, 4) is 67.0 Å². The number of hydrogen-bond acceptors (Lipinski definition) is 0. The van der Waals surface area contributed by atoms with Crippen molar-refractivity contribution in [1.29, 1.82) is 0 Å². The number of nitrogens with zero attached hydrogens (tertiary/aromatic N) is 2. The van der Waals surface area contributed by atoms with Gasteiger partial charge in [-0.1, -0.05) is 244 Å². The Morgan fingerprint density at radius 2 is 0.901 bits per heavy atom. The number of fused-ring (bicyclic) bond motifs is 7. The zero-order chi connectivity index (χ0) is 54.4. The van der Waals surface area contributed by atoms with Gasteiger partial charge in [-0.2, -0.15) is 0 Å². The molecule has 0 saturated carbocycles. The first-order valence-corrected chi connectivity index (χ1v) is 28.3. The molecular weight excluding hydrogens is 977 g/mol. The molecule has 386 valence electrons. The standard InChI is InChI=1S/C79H60N2/c1-4-5-19-54(2)59-20-13-23-62(48-59)63-24-14-21-60(49-63)55-37-41-57(42-38-55)65-26-16-31-69(51-65)80-75-36-12-10-34-73(75)77-76(80)46-45-72-71-33-9-11-35-74(71)81(78(72)77)70-32-17-27-66(52-70)58-43-39-56(40-44-58)61-22-15-25-64(50-61)67-28-18-47-79(3,53-67)68-29-7-6-8-30-68/h4-52H,53H2,1-3H3/b5-4-,54-19+. The van der Waals surface area contributed by atoms with Crippen molar-refractivity contribution in [3.63, 3.8) is 0 Å². The molecule has 1 aliphatic carbocycles. The Morgan fingerprint density at radius 1 is 0.407 bits per heavy atom. The molecule has 0 saturated heterocycles. The van der Waals surface area contributed by atoms with Crippen molar-refractivity contribution in [1.82, 2.24) is 9.13 Å². The minimum atomic E-state index is -0.0430. The molecule has 0 aliphatic heterocycles. The Kier molecular flexibility index (Phi) is 12.6. The summed E-state index contributed by atoms with van der Waals surface area (Å²) in [6.45, 7) is 6.57. The van der Waals surface area contributed by atoms with Crippen molar-refractivity contribution in [3.05, 3.63) is 314 Å². The van der Waals surface area contributed by atoms with E-state index < -0.39 is 0 Å². The Bertz CT molecular complexity index is 4670. The summed E-state index contributed by atoms with van der Waals surface area (Å²) in [6.07, 6.45) is 14.2. The molecule has 11 aromatic carbocycles. The van der Waals surface area contributed by atoms with Crippen molar-refractivity contribution < 1.29 is 0 Å². The smallest absolute Gasteiger partial charge is 0.0641 e. The van der Waals surface area contributed by atoms with E-state index >= 15 is 0 Å². The van der Waals surface area contributed by atoms with Crippen LogP contribution in [0.5, 0.6) is 0 Å².